The van der Waals surface area contributed by atoms with Crippen molar-refractivity contribution in [3.05, 3.63) is 29.1 Å². The Morgan fingerprint density at radius 3 is 2.56 bits per heavy atom. The predicted molar refractivity (Wildman–Crippen MR) is 116 cm³/mol. The van der Waals surface area contributed by atoms with Crippen LogP contribution in [-0.2, 0) is 20.8 Å². The Bertz CT molecular complexity index is 1090. The van der Waals surface area contributed by atoms with Crippen LogP contribution in [0.4, 0.5) is 13.6 Å². The average molecular weight is 512 g/mol. The van der Waals surface area contributed by atoms with Gasteiger partial charge >= 0.3 is 30.9 Å². The lowest BCUT2D eigenvalue weighted by molar-refractivity contribution is -0.153. The number of nitrogens with zero attached hydrogens (tertiary/aromatic N) is 2. The Hall–Kier alpha value is -3.79. The first kappa shape index (κ1) is 26.8. The molecule has 13 nitrogen and oxygen atoms in total. The minimum absolute atomic E-state index is 0.114. The summed E-state index contributed by atoms with van der Waals surface area (Å²) in [7, 11) is -1.80. The lowest BCUT2D eigenvalue weighted by Gasteiger charge is -2.34. The molecule has 0 aliphatic carbocycles. The number of amides is 5. The minimum atomic E-state index is -1.80. The third-order valence-electron chi connectivity index (χ3n) is 5.70. The molecule has 2 aliphatic rings. The number of aromatic carboxylic acids is 1. The van der Waals surface area contributed by atoms with Crippen molar-refractivity contribution in [1.82, 2.24) is 20.4 Å². The number of hydrogen-bond acceptors (Lipinski definition) is 8. The van der Waals surface area contributed by atoms with Crippen LogP contribution < -0.4 is 15.3 Å². The molecule has 0 radical (unpaired) electrons. The maximum absolute atomic E-state index is 13.9. The van der Waals surface area contributed by atoms with E-state index in [9.17, 15) is 48.0 Å². The van der Waals surface area contributed by atoms with E-state index in [2.05, 4.69) is 10.6 Å². The third kappa shape index (κ3) is 5.38. The van der Waals surface area contributed by atoms with Crippen LogP contribution >= 0.6 is 0 Å². The van der Waals surface area contributed by atoms with E-state index >= 15 is 0 Å². The number of piperazine rings is 1. The van der Waals surface area contributed by atoms with Gasteiger partial charge in [0.25, 0.3) is 0 Å². The van der Waals surface area contributed by atoms with Crippen molar-refractivity contribution in [1.29, 1.82) is 0 Å². The highest BCUT2D eigenvalue weighted by molar-refractivity contribution is 6.47. The van der Waals surface area contributed by atoms with Gasteiger partial charge in [0.1, 0.15) is 29.8 Å². The molecule has 1 aromatic carbocycles. The summed E-state index contributed by atoms with van der Waals surface area (Å²) < 4.78 is 31.6. The van der Waals surface area contributed by atoms with Crippen LogP contribution in [0.2, 0.25) is 0 Å². The second-order valence-corrected chi connectivity index (χ2v) is 8.15. The molecule has 1 fully saturated rings. The highest BCUT2D eigenvalue weighted by atomic mass is 19.1. The van der Waals surface area contributed by atoms with Gasteiger partial charge in [0.15, 0.2) is 0 Å². The zero-order chi connectivity index (χ0) is 26.7. The SMILES string of the molecule is CC(O)C(NC(=O)N1CCN(CCF)C(=O)C1=O)C(=O)N[C@H]1Cc2ccc(F)c(C(=O)O)c2OB1O. The molecule has 1 saturated heterocycles. The fraction of sp³-hybridized carbons (Fsp3) is 0.450. The summed E-state index contributed by atoms with van der Waals surface area (Å²) in [6.07, 6.45) is -1.67. The van der Waals surface area contributed by atoms with Gasteiger partial charge in [-0.3, -0.25) is 19.3 Å². The molecule has 5 N–H and O–H groups in total. The van der Waals surface area contributed by atoms with E-state index in [4.69, 9.17) is 4.65 Å². The third-order valence-corrected chi connectivity index (χ3v) is 5.70. The normalized spacial score (nSPS) is 19.2. The second kappa shape index (κ2) is 10.9. The van der Waals surface area contributed by atoms with Crippen LogP contribution in [0.1, 0.15) is 22.8 Å². The maximum atomic E-state index is 13.9. The fourth-order valence-corrected chi connectivity index (χ4v) is 3.83. The molecule has 0 saturated carbocycles. The number of halogens is 2. The molecule has 2 unspecified atom stereocenters. The number of nitrogens with one attached hydrogen (secondary N) is 2. The fourth-order valence-electron chi connectivity index (χ4n) is 3.83. The summed E-state index contributed by atoms with van der Waals surface area (Å²) in [5.74, 6) is -7.58. The van der Waals surface area contributed by atoms with Gasteiger partial charge in [0.05, 0.1) is 12.0 Å². The molecule has 1 aromatic rings. The topological polar surface area (TPSA) is 186 Å². The summed E-state index contributed by atoms with van der Waals surface area (Å²) in [6, 6.07) is -0.671. The number of carboxylic acids is 1. The smallest absolute Gasteiger partial charge is 0.534 e. The number of imide groups is 1. The average Bonchev–Trinajstić information content (AvgIpc) is 2.80. The van der Waals surface area contributed by atoms with Crippen molar-refractivity contribution in [3.63, 3.8) is 0 Å². The van der Waals surface area contributed by atoms with Crippen LogP contribution in [-0.4, -0.2) is 106 Å². The van der Waals surface area contributed by atoms with Crippen LogP contribution in [0, 0.1) is 5.82 Å². The lowest BCUT2D eigenvalue weighted by Crippen LogP contribution is -2.63. The molecular weight excluding hydrogens is 489 g/mol. The van der Waals surface area contributed by atoms with Gasteiger partial charge in [-0.2, -0.15) is 0 Å². The molecular formula is C20H23BF2N4O9. The number of benzene rings is 1. The minimum Gasteiger partial charge on any atom is -0.534 e. The summed E-state index contributed by atoms with van der Waals surface area (Å²) in [5.41, 5.74) is -0.603. The largest absolute Gasteiger partial charge is 0.547 e. The maximum Gasteiger partial charge on any atom is 0.547 e. The van der Waals surface area contributed by atoms with Crippen LogP contribution in [0.5, 0.6) is 5.75 Å². The molecule has 3 rings (SSSR count). The van der Waals surface area contributed by atoms with Crippen molar-refractivity contribution in [3.8, 4) is 5.75 Å². The standard InChI is InChI=1S/C20H23BF2N4O9/c1-9(28)14(25-20(34)27-7-6-26(5-4-22)17(30)18(27)31)16(29)24-12-8-10-2-3-11(23)13(19(32)33)15(10)36-21(12)35/h2-3,9,12,14,28,35H,4-8H2,1H3,(H,24,29)(H,25,34)(H,32,33)/t9?,12-,14?/m0/s1. The molecule has 2 heterocycles. The van der Waals surface area contributed by atoms with E-state index in [-0.39, 0.29) is 31.6 Å². The molecule has 2 aliphatic heterocycles. The molecule has 194 valence electrons. The van der Waals surface area contributed by atoms with Gasteiger partial charge in [-0.15, -0.1) is 0 Å². The molecule has 36 heavy (non-hydrogen) atoms. The monoisotopic (exact) mass is 512 g/mol. The molecule has 0 spiro atoms. The van der Waals surface area contributed by atoms with Crippen LogP contribution in [0.25, 0.3) is 0 Å². The first-order chi connectivity index (χ1) is 17.0. The molecule has 16 heteroatoms. The first-order valence-electron chi connectivity index (χ1n) is 10.8. The van der Waals surface area contributed by atoms with Gasteiger partial charge < -0.3 is 35.4 Å². The number of carboxylic acid groups (broad SMARTS) is 1. The molecule has 3 atom stereocenters. The predicted octanol–water partition coefficient (Wildman–Crippen LogP) is -1.94. The number of rotatable bonds is 7. The van der Waals surface area contributed by atoms with Crippen LogP contribution in [0.3, 0.4) is 0 Å². The Labute approximate surface area is 203 Å². The summed E-state index contributed by atoms with van der Waals surface area (Å²) in [6.45, 7) is -0.393. The lowest BCUT2D eigenvalue weighted by atomic mass is 9.72. The number of alkyl halides is 1. The summed E-state index contributed by atoms with van der Waals surface area (Å²) in [5, 5.41) is 34.0. The van der Waals surface area contributed by atoms with Gasteiger partial charge in [0, 0.05) is 19.6 Å². The van der Waals surface area contributed by atoms with E-state index in [1.54, 1.807) is 0 Å². The van der Waals surface area contributed by atoms with Crippen LogP contribution in [0.15, 0.2) is 12.1 Å². The number of hydrogen-bond donors (Lipinski definition) is 5. The summed E-state index contributed by atoms with van der Waals surface area (Å²) >= 11 is 0. The van der Waals surface area contributed by atoms with E-state index in [0.29, 0.717) is 4.90 Å². The first-order valence-corrected chi connectivity index (χ1v) is 10.8. The van der Waals surface area contributed by atoms with E-state index in [1.165, 1.54) is 13.0 Å². The van der Waals surface area contributed by atoms with Gasteiger partial charge in [-0.1, -0.05) is 6.07 Å². The van der Waals surface area contributed by atoms with E-state index in [1.807, 2.05) is 0 Å². The number of fused-ring (bicyclic) bond motifs is 1. The highest BCUT2D eigenvalue weighted by Gasteiger charge is 2.42. The van der Waals surface area contributed by atoms with E-state index in [0.717, 1.165) is 11.0 Å². The molecule has 0 bridgehead atoms. The Morgan fingerprint density at radius 2 is 1.94 bits per heavy atom. The zero-order valence-electron chi connectivity index (χ0n) is 18.9. The van der Waals surface area contributed by atoms with Crippen molar-refractivity contribution in [2.45, 2.75) is 31.4 Å². The van der Waals surface area contributed by atoms with Crippen molar-refractivity contribution >= 4 is 36.8 Å². The van der Waals surface area contributed by atoms with Gasteiger partial charge in [-0.25, -0.2) is 18.4 Å². The van der Waals surface area contributed by atoms with Gasteiger partial charge in [0.2, 0.25) is 5.91 Å². The Morgan fingerprint density at radius 1 is 1.25 bits per heavy atom. The van der Waals surface area contributed by atoms with E-state index < -0.39 is 78.7 Å². The number of aliphatic hydroxyl groups excluding tert-OH is 1. The van der Waals surface area contributed by atoms with Crippen molar-refractivity contribution < 1.29 is 52.6 Å². The number of carbonyl (C=O) groups is 5. The number of aliphatic hydroxyl groups is 1. The van der Waals surface area contributed by atoms with Crippen molar-refractivity contribution in [2.75, 3.05) is 26.3 Å². The molecule has 0 aromatic heterocycles. The number of carbonyl (C=O) groups excluding carboxylic acids is 4. The van der Waals surface area contributed by atoms with Crippen molar-refractivity contribution in [2.24, 2.45) is 0 Å². The highest BCUT2D eigenvalue weighted by Crippen LogP contribution is 2.32. The Balaban J connectivity index is 1.70. The molecule has 5 amide bonds. The second-order valence-electron chi connectivity index (χ2n) is 8.15. The van der Waals surface area contributed by atoms with Gasteiger partial charge in [-0.05, 0) is 25.0 Å². The summed E-state index contributed by atoms with van der Waals surface area (Å²) in [4.78, 5) is 62.5. The Kier molecular flexibility index (Phi) is 8.09. The zero-order valence-corrected chi connectivity index (χ0v) is 18.9. The quantitative estimate of drug-likeness (QED) is 0.205. The number of urea groups is 1.